The molecule has 1 atom stereocenters. The van der Waals surface area contributed by atoms with Crippen LogP contribution in [0.25, 0.3) is 0 Å². The quantitative estimate of drug-likeness (QED) is 0.837. The molecule has 3 rings (SSSR count). The molecule has 2 amide bonds. The van der Waals surface area contributed by atoms with Gasteiger partial charge < -0.3 is 10.2 Å². The van der Waals surface area contributed by atoms with Crippen molar-refractivity contribution >= 4 is 11.8 Å². The van der Waals surface area contributed by atoms with Crippen LogP contribution >= 0.6 is 0 Å². The molecule has 128 valence electrons. The van der Waals surface area contributed by atoms with E-state index in [0.717, 1.165) is 12.1 Å². The van der Waals surface area contributed by atoms with Crippen LogP contribution in [0.4, 0.5) is 8.78 Å². The van der Waals surface area contributed by atoms with Crippen molar-refractivity contribution in [1.82, 2.24) is 15.1 Å². The molecular weight excluding hydrogens is 316 g/mol. The predicted molar refractivity (Wildman–Crippen MR) is 83.9 cm³/mol. The summed E-state index contributed by atoms with van der Waals surface area (Å²) in [5, 5.41) is 2.76. The maximum absolute atomic E-state index is 13.4. The molecule has 0 bridgehead atoms. The number of hydrogen-bond donors (Lipinski definition) is 1. The average molecular weight is 335 g/mol. The van der Waals surface area contributed by atoms with Crippen molar-refractivity contribution in [3.8, 4) is 0 Å². The Labute approximate surface area is 138 Å². The zero-order valence-electron chi connectivity index (χ0n) is 13.2. The number of nitrogens with one attached hydrogen (secondary N) is 1. The van der Waals surface area contributed by atoms with Gasteiger partial charge in [-0.15, -0.1) is 0 Å². The molecule has 1 saturated heterocycles. The second kappa shape index (κ2) is 7.09. The maximum atomic E-state index is 13.4. The van der Waals surface area contributed by atoms with Gasteiger partial charge in [0, 0.05) is 32.7 Å². The second-order valence-electron chi connectivity index (χ2n) is 6.00. The Bertz CT molecular complexity index is 670. The molecule has 0 spiro atoms. The van der Waals surface area contributed by atoms with E-state index in [1.54, 1.807) is 4.90 Å². The van der Waals surface area contributed by atoms with E-state index in [0.29, 0.717) is 38.3 Å². The fourth-order valence-electron chi connectivity index (χ4n) is 3.02. The third-order valence-corrected chi connectivity index (χ3v) is 4.35. The highest BCUT2D eigenvalue weighted by Gasteiger charge is 2.33. The third kappa shape index (κ3) is 3.62. The van der Waals surface area contributed by atoms with Gasteiger partial charge in [-0.2, -0.15) is 0 Å². The van der Waals surface area contributed by atoms with Gasteiger partial charge in [0.1, 0.15) is 0 Å². The van der Waals surface area contributed by atoms with Gasteiger partial charge in [0.15, 0.2) is 11.6 Å². The normalized spacial score (nSPS) is 21.2. The lowest BCUT2D eigenvalue weighted by atomic mass is 10.1. The van der Waals surface area contributed by atoms with E-state index in [2.05, 4.69) is 5.32 Å². The molecule has 2 heterocycles. The van der Waals surface area contributed by atoms with Gasteiger partial charge in [-0.1, -0.05) is 18.2 Å². The monoisotopic (exact) mass is 335 g/mol. The first-order valence-corrected chi connectivity index (χ1v) is 7.93. The Balaban J connectivity index is 1.70. The van der Waals surface area contributed by atoms with E-state index in [9.17, 15) is 18.4 Å². The zero-order chi connectivity index (χ0) is 17.1. The first-order valence-electron chi connectivity index (χ1n) is 7.93. The fourth-order valence-corrected chi connectivity index (χ4v) is 3.02. The van der Waals surface area contributed by atoms with Crippen LogP contribution in [0, 0.1) is 11.6 Å². The Hall–Kier alpha value is -2.28. The van der Waals surface area contributed by atoms with E-state index in [1.807, 2.05) is 17.1 Å². The molecule has 0 aliphatic carbocycles. The van der Waals surface area contributed by atoms with E-state index in [-0.39, 0.29) is 18.2 Å². The van der Waals surface area contributed by atoms with Crippen LogP contribution in [0.2, 0.25) is 0 Å². The number of hydrogen-bond acceptors (Lipinski definition) is 3. The minimum atomic E-state index is -0.912. The molecule has 24 heavy (non-hydrogen) atoms. The van der Waals surface area contributed by atoms with Crippen molar-refractivity contribution in [2.75, 3.05) is 26.2 Å². The highest BCUT2D eigenvalue weighted by atomic mass is 19.2. The summed E-state index contributed by atoms with van der Waals surface area (Å²) in [6, 6.07) is 3.10. The Morgan fingerprint density at radius 1 is 1.21 bits per heavy atom. The lowest BCUT2D eigenvalue weighted by Crippen LogP contribution is -2.56. The summed E-state index contributed by atoms with van der Waals surface area (Å²) in [5.41, 5.74) is 0.573. The Kier molecular flexibility index (Phi) is 4.89. The number of halogens is 2. The molecule has 2 aliphatic rings. The van der Waals surface area contributed by atoms with Crippen LogP contribution in [-0.4, -0.2) is 53.8 Å². The van der Waals surface area contributed by atoms with Crippen LogP contribution in [0.15, 0.2) is 30.4 Å². The first kappa shape index (κ1) is 16.6. The highest BCUT2D eigenvalue weighted by molar-refractivity contribution is 5.89. The van der Waals surface area contributed by atoms with Crippen LogP contribution in [0.5, 0.6) is 0 Å². The van der Waals surface area contributed by atoms with Crippen LogP contribution < -0.4 is 5.32 Å². The number of piperazine rings is 1. The number of carbonyl (C=O) groups is 2. The van der Waals surface area contributed by atoms with Gasteiger partial charge in [0.25, 0.3) is 0 Å². The molecule has 1 aromatic rings. The fraction of sp³-hybridized carbons (Fsp3) is 0.412. The van der Waals surface area contributed by atoms with Gasteiger partial charge in [-0.25, -0.2) is 8.78 Å². The van der Waals surface area contributed by atoms with Crippen molar-refractivity contribution < 1.29 is 18.4 Å². The smallest absolute Gasteiger partial charge is 0.237 e. The molecule has 0 saturated carbocycles. The lowest BCUT2D eigenvalue weighted by Gasteiger charge is -2.35. The zero-order valence-corrected chi connectivity index (χ0v) is 13.2. The van der Waals surface area contributed by atoms with Gasteiger partial charge in [0.05, 0.1) is 12.5 Å². The van der Waals surface area contributed by atoms with Gasteiger partial charge >= 0.3 is 0 Å². The lowest BCUT2D eigenvalue weighted by molar-refractivity contribution is -0.138. The number of rotatable bonds is 4. The van der Waals surface area contributed by atoms with Crippen molar-refractivity contribution in [2.45, 2.75) is 19.0 Å². The van der Waals surface area contributed by atoms with Crippen LogP contribution in [0.3, 0.4) is 0 Å². The van der Waals surface area contributed by atoms with Crippen LogP contribution in [0.1, 0.15) is 12.0 Å². The molecule has 0 radical (unpaired) electrons. The summed E-state index contributed by atoms with van der Waals surface area (Å²) in [7, 11) is 0. The largest absolute Gasteiger partial charge is 0.353 e. The Morgan fingerprint density at radius 3 is 2.67 bits per heavy atom. The SMILES string of the molecule is O=C1NCCN(Cc2ccc(F)c(F)c2)[C@@H]1CC(=O)N1CC=CC1. The second-order valence-corrected chi connectivity index (χ2v) is 6.00. The number of nitrogens with zero attached hydrogens (tertiary/aromatic N) is 2. The van der Waals surface area contributed by atoms with E-state index in [1.165, 1.54) is 6.07 Å². The minimum absolute atomic E-state index is 0.0805. The van der Waals surface area contributed by atoms with Gasteiger partial charge in [-0.05, 0) is 17.7 Å². The Morgan fingerprint density at radius 2 is 1.96 bits per heavy atom. The standard InChI is InChI=1S/C17H19F2N3O2/c18-13-4-3-12(9-14(13)19)11-22-8-5-20-17(24)15(22)10-16(23)21-6-1-2-7-21/h1-4,9,15H,5-8,10-11H2,(H,20,24)/t15-/m1/s1. The number of amides is 2. The summed E-state index contributed by atoms with van der Waals surface area (Å²) in [6.45, 7) is 2.45. The van der Waals surface area contributed by atoms with Gasteiger partial charge in [-0.3, -0.25) is 14.5 Å². The molecule has 7 heteroatoms. The van der Waals surface area contributed by atoms with Crippen molar-refractivity contribution in [3.05, 3.63) is 47.5 Å². The maximum Gasteiger partial charge on any atom is 0.237 e. The predicted octanol–water partition coefficient (Wildman–Crippen LogP) is 1.05. The van der Waals surface area contributed by atoms with Crippen LogP contribution in [-0.2, 0) is 16.1 Å². The highest BCUT2D eigenvalue weighted by Crippen LogP contribution is 2.17. The molecule has 0 unspecified atom stereocenters. The molecule has 2 aliphatic heterocycles. The summed E-state index contributed by atoms with van der Waals surface area (Å²) < 4.78 is 26.4. The average Bonchev–Trinajstić information content (AvgIpc) is 3.09. The number of carbonyl (C=O) groups excluding carboxylic acids is 2. The van der Waals surface area contributed by atoms with Gasteiger partial charge in [0.2, 0.25) is 11.8 Å². The topological polar surface area (TPSA) is 52.7 Å². The molecule has 1 aromatic carbocycles. The molecule has 5 nitrogen and oxygen atoms in total. The van der Waals surface area contributed by atoms with Crippen molar-refractivity contribution in [2.24, 2.45) is 0 Å². The molecule has 1 N–H and O–H groups in total. The van der Waals surface area contributed by atoms with Crippen molar-refractivity contribution in [3.63, 3.8) is 0 Å². The summed E-state index contributed by atoms with van der Waals surface area (Å²) >= 11 is 0. The molecule has 1 fully saturated rings. The third-order valence-electron chi connectivity index (χ3n) is 4.35. The van der Waals surface area contributed by atoms with E-state index in [4.69, 9.17) is 0 Å². The molecule has 0 aromatic heterocycles. The summed E-state index contributed by atoms with van der Waals surface area (Å²) in [6.07, 6.45) is 3.91. The summed E-state index contributed by atoms with van der Waals surface area (Å²) in [5.74, 6) is -2.10. The minimum Gasteiger partial charge on any atom is -0.353 e. The first-order chi connectivity index (χ1) is 11.5. The van der Waals surface area contributed by atoms with E-state index < -0.39 is 17.7 Å². The van der Waals surface area contributed by atoms with E-state index >= 15 is 0 Å². The van der Waals surface area contributed by atoms with Crippen molar-refractivity contribution in [1.29, 1.82) is 0 Å². The molecular formula is C17H19F2N3O2. The summed E-state index contributed by atoms with van der Waals surface area (Å²) in [4.78, 5) is 28.0. The number of benzene rings is 1.